The van der Waals surface area contributed by atoms with Gasteiger partial charge in [0.05, 0.1) is 10.5 Å². The second-order valence-electron chi connectivity index (χ2n) is 4.87. The molecule has 0 unspecified atom stereocenters. The summed E-state index contributed by atoms with van der Waals surface area (Å²) in [4.78, 5) is 22.1. The van der Waals surface area contributed by atoms with Gasteiger partial charge in [-0.2, -0.15) is 0 Å². The second-order valence-corrected chi connectivity index (χ2v) is 4.87. The number of ether oxygens (including phenoxy) is 1. The van der Waals surface area contributed by atoms with Crippen LogP contribution in [-0.2, 0) is 16.1 Å². The molecule has 7 nitrogen and oxygen atoms in total. The molecule has 1 fully saturated rings. The van der Waals surface area contributed by atoms with E-state index in [9.17, 15) is 14.9 Å². The fraction of sp³-hybridized carbons (Fsp3) is 0.462. The molecule has 2 rings (SSSR count). The maximum absolute atomic E-state index is 12.1. The van der Waals surface area contributed by atoms with Crippen molar-refractivity contribution in [3.8, 4) is 0 Å². The molecule has 1 aromatic rings. The third kappa shape index (κ3) is 4.38. The molecule has 0 radical (unpaired) electrons. The Hall–Kier alpha value is -1.70. The first kappa shape index (κ1) is 17.4. The molecule has 0 aliphatic carbocycles. The summed E-state index contributed by atoms with van der Waals surface area (Å²) in [6.45, 7) is 1.28. The number of nitrogens with one attached hydrogen (secondary N) is 1. The summed E-state index contributed by atoms with van der Waals surface area (Å²) < 4.78 is 5.19. The molecule has 1 aliphatic heterocycles. The molecule has 3 N–H and O–H groups in total. The first-order chi connectivity index (χ1) is 9.51. The lowest BCUT2D eigenvalue weighted by molar-refractivity contribution is -0.384. The van der Waals surface area contributed by atoms with Gasteiger partial charge in [-0.05, 0) is 18.4 Å². The van der Waals surface area contributed by atoms with Crippen LogP contribution in [0.4, 0.5) is 5.69 Å². The zero-order valence-corrected chi connectivity index (χ0v) is 12.2. The molecule has 8 heteroatoms. The minimum absolute atomic E-state index is 0. The van der Waals surface area contributed by atoms with Crippen LogP contribution in [0.1, 0.15) is 18.4 Å². The zero-order valence-electron chi connectivity index (χ0n) is 11.4. The molecular weight excluding hydrogens is 298 g/mol. The average Bonchev–Trinajstić information content (AvgIpc) is 2.46. The van der Waals surface area contributed by atoms with Crippen molar-refractivity contribution in [2.45, 2.75) is 24.9 Å². The lowest BCUT2D eigenvalue weighted by atomic mass is 9.90. The Morgan fingerprint density at radius 1 is 1.33 bits per heavy atom. The van der Waals surface area contributed by atoms with Gasteiger partial charge in [-0.15, -0.1) is 12.4 Å². The highest BCUT2D eigenvalue weighted by atomic mass is 35.5. The van der Waals surface area contributed by atoms with Crippen LogP contribution >= 0.6 is 12.4 Å². The van der Waals surface area contributed by atoms with E-state index in [2.05, 4.69) is 5.32 Å². The molecule has 1 amide bonds. The number of benzene rings is 1. The summed E-state index contributed by atoms with van der Waals surface area (Å²) in [6, 6.07) is 6.06. The van der Waals surface area contributed by atoms with E-state index < -0.39 is 10.5 Å². The molecule has 0 aromatic heterocycles. The van der Waals surface area contributed by atoms with Crippen molar-refractivity contribution in [3.63, 3.8) is 0 Å². The Kier molecular flexibility index (Phi) is 6.07. The van der Waals surface area contributed by atoms with Crippen molar-refractivity contribution >= 4 is 24.0 Å². The molecule has 1 heterocycles. The first-order valence-corrected chi connectivity index (χ1v) is 6.39. The predicted molar refractivity (Wildman–Crippen MR) is 79.2 cm³/mol. The van der Waals surface area contributed by atoms with E-state index in [4.69, 9.17) is 10.5 Å². The lowest BCUT2D eigenvalue weighted by Crippen LogP contribution is -2.56. The highest BCUT2D eigenvalue weighted by molar-refractivity contribution is 5.86. The van der Waals surface area contributed by atoms with Crippen LogP contribution in [0.15, 0.2) is 24.3 Å². The van der Waals surface area contributed by atoms with Crippen LogP contribution in [0.5, 0.6) is 0 Å². The van der Waals surface area contributed by atoms with Crippen LogP contribution in [0.25, 0.3) is 0 Å². The molecule has 0 spiro atoms. The van der Waals surface area contributed by atoms with Crippen LogP contribution in [0.3, 0.4) is 0 Å². The van der Waals surface area contributed by atoms with E-state index in [-0.39, 0.29) is 24.0 Å². The number of nitrogens with zero attached hydrogens (tertiary/aromatic N) is 1. The number of amides is 1. The Bertz CT molecular complexity index is 501. The monoisotopic (exact) mass is 315 g/mol. The number of hydrogen-bond acceptors (Lipinski definition) is 5. The van der Waals surface area contributed by atoms with Crippen molar-refractivity contribution in [2.75, 3.05) is 13.2 Å². The molecular formula is C13H18ClN3O4. The van der Waals surface area contributed by atoms with Gasteiger partial charge < -0.3 is 15.8 Å². The molecule has 21 heavy (non-hydrogen) atoms. The van der Waals surface area contributed by atoms with Gasteiger partial charge in [-0.3, -0.25) is 14.9 Å². The Labute approximate surface area is 128 Å². The summed E-state index contributed by atoms with van der Waals surface area (Å²) in [7, 11) is 0. The van der Waals surface area contributed by atoms with Crippen molar-refractivity contribution in [1.82, 2.24) is 5.32 Å². The topological polar surface area (TPSA) is 107 Å². The standard InChI is InChI=1S/C13H17N3O4.ClH/c14-13(5-7-20-8-6-13)12(17)15-9-10-1-3-11(4-2-10)16(18)19;/h1-4H,5-9,14H2,(H,15,17);1H. The fourth-order valence-electron chi connectivity index (χ4n) is 2.06. The summed E-state index contributed by atoms with van der Waals surface area (Å²) >= 11 is 0. The van der Waals surface area contributed by atoms with Gasteiger partial charge in [0, 0.05) is 31.9 Å². The van der Waals surface area contributed by atoms with Crippen molar-refractivity contribution < 1.29 is 14.5 Å². The maximum Gasteiger partial charge on any atom is 0.269 e. The number of carbonyl (C=O) groups is 1. The summed E-state index contributed by atoms with van der Waals surface area (Å²) in [6.07, 6.45) is 0.998. The number of nitrogens with two attached hydrogens (primary N) is 1. The summed E-state index contributed by atoms with van der Waals surface area (Å²) in [5, 5.41) is 13.3. The molecule has 116 valence electrons. The molecule has 1 saturated heterocycles. The normalized spacial score (nSPS) is 16.6. The lowest BCUT2D eigenvalue weighted by Gasteiger charge is -2.31. The van der Waals surface area contributed by atoms with E-state index >= 15 is 0 Å². The van der Waals surface area contributed by atoms with Crippen LogP contribution in [0.2, 0.25) is 0 Å². The van der Waals surface area contributed by atoms with E-state index in [1.807, 2.05) is 0 Å². The van der Waals surface area contributed by atoms with Gasteiger partial charge in [-0.25, -0.2) is 0 Å². The van der Waals surface area contributed by atoms with E-state index in [1.54, 1.807) is 12.1 Å². The zero-order chi connectivity index (χ0) is 14.6. The van der Waals surface area contributed by atoms with Crippen LogP contribution < -0.4 is 11.1 Å². The minimum atomic E-state index is -0.876. The summed E-state index contributed by atoms with van der Waals surface area (Å²) in [5.41, 5.74) is 5.99. The smallest absolute Gasteiger partial charge is 0.269 e. The van der Waals surface area contributed by atoms with Gasteiger partial charge in [0.2, 0.25) is 5.91 Å². The molecule has 0 bridgehead atoms. The number of hydrogen-bond donors (Lipinski definition) is 2. The first-order valence-electron chi connectivity index (χ1n) is 6.39. The van der Waals surface area contributed by atoms with Crippen LogP contribution in [-0.4, -0.2) is 29.6 Å². The highest BCUT2D eigenvalue weighted by Gasteiger charge is 2.35. The van der Waals surface area contributed by atoms with Crippen molar-refractivity contribution in [2.24, 2.45) is 5.73 Å². The summed E-state index contributed by atoms with van der Waals surface area (Å²) in [5.74, 6) is -0.209. The number of non-ortho nitro benzene ring substituents is 1. The maximum atomic E-state index is 12.1. The van der Waals surface area contributed by atoms with Crippen molar-refractivity contribution in [1.29, 1.82) is 0 Å². The fourth-order valence-corrected chi connectivity index (χ4v) is 2.06. The largest absolute Gasteiger partial charge is 0.381 e. The average molecular weight is 316 g/mol. The molecule has 1 aromatic carbocycles. The van der Waals surface area contributed by atoms with E-state index in [0.29, 0.717) is 32.6 Å². The highest BCUT2D eigenvalue weighted by Crippen LogP contribution is 2.18. The van der Waals surface area contributed by atoms with Crippen molar-refractivity contribution in [3.05, 3.63) is 39.9 Å². The number of nitro benzene ring substituents is 1. The van der Waals surface area contributed by atoms with Gasteiger partial charge in [-0.1, -0.05) is 12.1 Å². The minimum Gasteiger partial charge on any atom is -0.381 e. The SMILES string of the molecule is Cl.NC1(C(=O)NCc2ccc([N+](=O)[O-])cc2)CCOCC1. The van der Waals surface area contributed by atoms with E-state index in [1.165, 1.54) is 12.1 Å². The van der Waals surface area contributed by atoms with Crippen LogP contribution in [0, 0.1) is 10.1 Å². The number of halogens is 1. The van der Waals surface area contributed by atoms with Gasteiger partial charge in [0.25, 0.3) is 5.69 Å². The number of rotatable bonds is 4. The number of carbonyl (C=O) groups excluding carboxylic acids is 1. The van der Waals surface area contributed by atoms with Gasteiger partial charge >= 0.3 is 0 Å². The predicted octanol–water partition coefficient (Wildman–Crippen LogP) is 1.14. The Balaban J connectivity index is 0.00000220. The second kappa shape index (κ2) is 7.35. The Morgan fingerprint density at radius 2 is 1.90 bits per heavy atom. The molecule has 1 aliphatic rings. The molecule has 0 atom stereocenters. The number of nitro groups is 1. The molecule has 0 saturated carbocycles. The van der Waals surface area contributed by atoms with Gasteiger partial charge in [0.15, 0.2) is 0 Å². The van der Waals surface area contributed by atoms with Gasteiger partial charge in [0.1, 0.15) is 0 Å². The van der Waals surface area contributed by atoms with E-state index in [0.717, 1.165) is 5.56 Å². The third-order valence-electron chi connectivity index (χ3n) is 3.44. The quantitative estimate of drug-likeness (QED) is 0.640. The Morgan fingerprint density at radius 3 is 2.43 bits per heavy atom. The third-order valence-corrected chi connectivity index (χ3v) is 3.44.